The lowest BCUT2D eigenvalue weighted by atomic mass is 9.99. The lowest BCUT2D eigenvalue weighted by Crippen LogP contribution is -2.50. The van der Waals surface area contributed by atoms with Crippen molar-refractivity contribution in [2.24, 2.45) is 0 Å². The third-order valence-corrected chi connectivity index (χ3v) is 8.17. The zero-order valence-electron chi connectivity index (χ0n) is 22.0. The van der Waals surface area contributed by atoms with Crippen LogP contribution in [0.3, 0.4) is 0 Å². The summed E-state index contributed by atoms with van der Waals surface area (Å²) in [6, 6.07) is 3.05. The summed E-state index contributed by atoms with van der Waals surface area (Å²) in [7, 11) is 0. The van der Waals surface area contributed by atoms with E-state index in [1.165, 1.54) is 18.0 Å². The number of nitrogens with zero attached hydrogens (tertiary/aromatic N) is 6. The number of halogens is 3. The van der Waals surface area contributed by atoms with Gasteiger partial charge in [0.15, 0.2) is 0 Å². The highest BCUT2D eigenvalue weighted by atomic mass is 35.5. The topological polar surface area (TPSA) is 78.2 Å². The third kappa shape index (κ3) is 5.48. The van der Waals surface area contributed by atoms with E-state index in [0.717, 1.165) is 56.1 Å². The summed E-state index contributed by atoms with van der Waals surface area (Å²) in [4.78, 5) is 28.3. The Labute approximate surface area is 241 Å². The Hall–Kier alpha value is -3.34. The lowest BCUT2D eigenvalue weighted by molar-refractivity contribution is -0.129. The summed E-state index contributed by atoms with van der Waals surface area (Å²) in [6.45, 7) is 5.62. The Morgan fingerprint density at radius 1 is 0.975 bits per heavy atom. The van der Waals surface area contributed by atoms with Crippen LogP contribution in [-0.4, -0.2) is 89.1 Å². The molecule has 0 bridgehead atoms. The number of pyridine rings is 2. The van der Waals surface area contributed by atoms with Crippen LogP contribution in [0.2, 0.25) is 10.0 Å². The largest absolute Gasteiger partial charge is 0.378 e. The molecule has 3 aromatic rings. The molecule has 12 heteroatoms. The summed E-state index contributed by atoms with van der Waals surface area (Å²) < 4.78 is 21.4. The molecule has 1 aliphatic carbocycles. The number of aromatic nitrogens is 3. The quantitative estimate of drug-likeness (QED) is 0.461. The van der Waals surface area contributed by atoms with E-state index in [9.17, 15) is 9.18 Å². The maximum absolute atomic E-state index is 14.2. The van der Waals surface area contributed by atoms with E-state index in [2.05, 4.69) is 32.3 Å². The molecule has 0 atom stereocenters. The first kappa shape index (κ1) is 26.9. The van der Waals surface area contributed by atoms with Crippen molar-refractivity contribution in [1.82, 2.24) is 24.2 Å². The molecule has 1 N–H and O–H groups in total. The first-order chi connectivity index (χ1) is 19.5. The fourth-order valence-electron chi connectivity index (χ4n) is 5.51. The van der Waals surface area contributed by atoms with Crippen LogP contribution < -0.4 is 10.2 Å². The van der Waals surface area contributed by atoms with Crippen molar-refractivity contribution < 1.29 is 13.9 Å². The number of amides is 1. The third-order valence-electron chi connectivity index (χ3n) is 7.62. The van der Waals surface area contributed by atoms with Gasteiger partial charge in [-0.1, -0.05) is 29.3 Å². The number of rotatable bonds is 6. The van der Waals surface area contributed by atoms with E-state index < -0.39 is 0 Å². The molecular formula is C28H30Cl2FN7O2. The normalized spacial score (nSPS) is 18.1. The molecule has 2 aliphatic heterocycles. The van der Waals surface area contributed by atoms with Gasteiger partial charge in [-0.15, -0.1) is 0 Å². The Morgan fingerprint density at radius 2 is 1.73 bits per heavy atom. The molecule has 3 aromatic heterocycles. The van der Waals surface area contributed by atoms with Gasteiger partial charge < -0.3 is 24.8 Å². The molecule has 9 nitrogen and oxygen atoms in total. The van der Waals surface area contributed by atoms with Gasteiger partial charge in [0.2, 0.25) is 5.91 Å². The standard InChI is InChI=1S/C28H30Cl2FN7O2/c29-22-15-32-16-23(30)27(22)37-9-7-36(8-10-37)25(39)17-33-28-26(34-24-6-3-20(31)18-38(24)28)19-1-4-21(5-2-19)35-11-13-40-14-12-35/h1,3-4,6,15-16,18,33H,2,5,7-14,17H2. The smallest absolute Gasteiger partial charge is 0.242 e. The van der Waals surface area contributed by atoms with Gasteiger partial charge in [0.25, 0.3) is 0 Å². The molecule has 0 aromatic carbocycles. The first-order valence-electron chi connectivity index (χ1n) is 13.4. The molecule has 2 saturated heterocycles. The molecule has 3 aliphatic rings. The van der Waals surface area contributed by atoms with Gasteiger partial charge in [-0.05, 0) is 36.6 Å². The molecule has 210 valence electrons. The van der Waals surface area contributed by atoms with Crippen LogP contribution in [0.15, 0.2) is 48.6 Å². The number of hydrogen-bond acceptors (Lipinski definition) is 7. The van der Waals surface area contributed by atoms with E-state index in [1.54, 1.807) is 22.9 Å². The predicted molar refractivity (Wildman–Crippen MR) is 154 cm³/mol. The highest BCUT2D eigenvalue weighted by Crippen LogP contribution is 2.34. The maximum atomic E-state index is 14.2. The van der Waals surface area contributed by atoms with Crippen molar-refractivity contribution in [3.8, 4) is 0 Å². The molecule has 0 saturated carbocycles. The zero-order valence-corrected chi connectivity index (χ0v) is 23.5. The van der Waals surface area contributed by atoms with Crippen LogP contribution in [-0.2, 0) is 9.53 Å². The average Bonchev–Trinajstić information content (AvgIpc) is 3.34. The van der Waals surface area contributed by atoms with Gasteiger partial charge in [-0.3, -0.25) is 14.2 Å². The fraction of sp³-hybridized carbons (Fsp3) is 0.393. The number of hydrogen-bond donors (Lipinski definition) is 1. The second-order valence-electron chi connectivity index (χ2n) is 10.0. The molecule has 5 heterocycles. The van der Waals surface area contributed by atoms with Crippen molar-refractivity contribution in [1.29, 1.82) is 0 Å². The van der Waals surface area contributed by atoms with Crippen molar-refractivity contribution in [3.05, 3.63) is 70.1 Å². The minimum absolute atomic E-state index is 0.0454. The maximum Gasteiger partial charge on any atom is 0.242 e. The molecule has 1 amide bonds. The van der Waals surface area contributed by atoms with Crippen molar-refractivity contribution in [2.75, 3.05) is 69.2 Å². The van der Waals surface area contributed by atoms with Gasteiger partial charge in [0.1, 0.15) is 23.0 Å². The van der Waals surface area contributed by atoms with Crippen LogP contribution in [0.5, 0.6) is 0 Å². The minimum atomic E-state index is -0.373. The first-order valence-corrected chi connectivity index (χ1v) is 14.2. The van der Waals surface area contributed by atoms with E-state index in [-0.39, 0.29) is 18.3 Å². The van der Waals surface area contributed by atoms with Gasteiger partial charge >= 0.3 is 0 Å². The fourth-order valence-corrected chi connectivity index (χ4v) is 6.11. The van der Waals surface area contributed by atoms with Gasteiger partial charge in [-0.25, -0.2) is 9.37 Å². The second kappa shape index (κ2) is 11.6. The summed E-state index contributed by atoms with van der Waals surface area (Å²) in [6.07, 6.45) is 10.5. The summed E-state index contributed by atoms with van der Waals surface area (Å²) in [5.74, 6) is 0.199. The number of anilines is 2. The van der Waals surface area contributed by atoms with E-state index in [1.807, 2.05) is 4.90 Å². The lowest BCUT2D eigenvalue weighted by Gasteiger charge is -2.36. The Balaban J connectivity index is 1.17. The number of piperazine rings is 1. The molecule has 0 radical (unpaired) electrons. The van der Waals surface area contributed by atoms with E-state index in [4.69, 9.17) is 32.9 Å². The van der Waals surface area contributed by atoms with Gasteiger partial charge in [0.05, 0.1) is 35.5 Å². The van der Waals surface area contributed by atoms with Crippen molar-refractivity contribution in [3.63, 3.8) is 0 Å². The Morgan fingerprint density at radius 3 is 2.42 bits per heavy atom. The predicted octanol–water partition coefficient (Wildman–Crippen LogP) is 4.33. The molecule has 6 rings (SSSR count). The molecule has 0 unspecified atom stereocenters. The van der Waals surface area contributed by atoms with E-state index in [0.29, 0.717) is 47.7 Å². The van der Waals surface area contributed by atoms with Crippen LogP contribution >= 0.6 is 23.2 Å². The van der Waals surface area contributed by atoms with Gasteiger partial charge in [0, 0.05) is 63.6 Å². The van der Waals surface area contributed by atoms with Crippen molar-refractivity contribution in [2.45, 2.75) is 12.8 Å². The van der Waals surface area contributed by atoms with Crippen LogP contribution in [0, 0.1) is 5.82 Å². The number of morpholine rings is 1. The number of allylic oxidation sites excluding steroid dienone is 4. The number of nitrogens with one attached hydrogen (secondary N) is 1. The number of ether oxygens (including phenoxy) is 1. The minimum Gasteiger partial charge on any atom is -0.378 e. The number of imidazole rings is 1. The van der Waals surface area contributed by atoms with Crippen LogP contribution in [0.25, 0.3) is 11.2 Å². The van der Waals surface area contributed by atoms with Crippen LogP contribution in [0.1, 0.15) is 18.5 Å². The summed E-state index contributed by atoms with van der Waals surface area (Å²) in [5, 5.41) is 4.27. The molecular weight excluding hydrogens is 556 g/mol. The average molecular weight is 586 g/mol. The summed E-state index contributed by atoms with van der Waals surface area (Å²) >= 11 is 12.6. The van der Waals surface area contributed by atoms with Crippen LogP contribution in [0.4, 0.5) is 15.9 Å². The number of fused-ring (bicyclic) bond motifs is 1. The number of carbonyl (C=O) groups excluding carboxylic acids is 1. The highest BCUT2D eigenvalue weighted by molar-refractivity contribution is 6.38. The van der Waals surface area contributed by atoms with Gasteiger partial charge in [-0.2, -0.15) is 0 Å². The Kier molecular flexibility index (Phi) is 7.82. The number of carbonyl (C=O) groups is 1. The Bertz CT molecular complexity index is 1460. The zero-order chi connectivity index (χ0) is 27.6. The summed E-state index contributed by atoms with van der Waals surface area (Å²) in [5.41, 5.74) is 4.45. The molecule has 2 fully saturated rings. The van der Waals surface area contributed by atoms with Crippen molar-refractivity contribution >= 4 is 51.8 Å². The molecule has 0 spiro atoms. The van der Waals surface area contributed by atoms with E-state index >= 15 is 0 Å². The second-order valence-corrected chi connectivity index (χ2v) is 10.8. The highest BCUT2D eigenvalue weighted by Gasteiger charge is 2.26. The SMILES string of the molecule is O=C(CNc1c(C2=CC=C(N3CCOCC3)CC2)nc2ccc(F)cn12)N1CCN(c2c(Cl)cncc2Cl)CC1. The monoisotopic (exact) mass is 585 g/mol. The molecule has 40 heavy (non-hydrogen) atoms.